The number of rotatable bonds is 4. The van der Waals surface area contributed by atoms with Crippen LogP contribution < -0.4 is 10.6 Å². The third-order valence-electron chi connectivity index (χ3n) is 3.61. The zero-order valence-corrected chi connectivity index (χ0v) is 13.6. The number of carbonyl (C=O) groups excluding carboxylic acids is 1. The number of benzene rings is 1. The van der Waals surface area contributed by atoms with Gasteiger partial charge in [-0.1, -0.05) is 11.2 Å². The molecule has 0 fully saturated rings. The van der Waals surface area contributed by atoms with E-state index in [-0.39, 0.29) is 31.5 Å². The Balaban J connectivity index is 0.00000192. The summed E-state index contributed by atoms with van der Waals surface area (Å²) in [6.45, 7) is 2.51. The van der Waals surface area contributed by atoms with Crippen molar-refractivity contribution in [3.05, 3.63) is 35.5 Å². The third-order valence-corrected chi connectivity index (χ3v) is 3.61. The number of fused-ring (bicyclic) bond motifs is 1. The van der Waals surface area contributed by atoms with Gasteiger partial charge in [0.05, 0.1) is 0 Å². The molecule has 2 heterocycles. The molecule has 2 aromatic rings. The van der Waals surface area contributed by atoms with Crippen LogP contribution in [0.2, 0.25) is 0 Å². The molecular formula is C15H19ClN4O3. The fourth-order valence-corrected chi connectivity index (χ4v) is 2.61. The van der Waals surface area contributed by atoms with E-state index in [2.05, 4.69) is 10.1 Å². The molecule has 23 heavy (non-hydrogen) atoms. The van der Waals surface area contributed by atoms with Crippen LogP contribution in [-0.4, -0.2) is 29.2 Å². The van der Waals surface area contributed by atoms with Gasteiger partial charge in [-0.3, -0.25) is 4.79 Å². The topological polar surface area (TPSA) is 94.5 Å². The summed E-state index contributed by atoms with van der Waals surface area (Å²) in [5.74, 6) is 0.821. The maximum absolute atomic E-state index is 12.4. The molecule has 0 atom stereocenters. The molecule has 3 rings (SSSR count). The molecule has 0 saturated carbocycles. The van der Waals surface area contributed by atoms with Gasteiger partial charge in [0.1, 0.15) is 13.2 Å². The SMILES string of the molecule is Cc1noc(COCC(=O)N2CCCc3c(N)cccc32)n1.Cl. The quantitative estimate of drug-likeness (QED) is 0.855. The molecule has 0 spiro atoms. The van der Waals surface area contributed by atoms with E-state index in [1.807, 2.05) is 18.2 Å². The van der Waals surface area contributed by atoms with E-state index < -0.39 is 0 Å². The number of carbonyl (C=O) groups is 1. The Morgan fingerprint density at radius 3 is 3.04 bits per heavy atom. The summed E-state index contributed by atoms with van der Waals surface area (Å²) in [7, 11) is 0. The first-order valence-electron chi connectivity index (χ1n) is 7.20. The number of hydrogen-bond donors (Lipinski definition) is 1. The number of amides is 1. The predicted molar refractivity (Wildman–Crippen MR) is 87.5 cm³/mol. The second-order valence-corrected chi connectivity index (χ2v) is 5.22. The van der Waals surface area contributed by atoms with E-state index in [1.54, 1.807) is 11.8 Å². The molecule has 2 N–H and O–H groups in total. The normalized spacial score (nSPS) is 13.3. The van der Waals surface area contributed by atoms with Gasteiger partial charge in [0.15, 0.2) is 5.82 Å². The van der Waals surface area contributed by atoms with Crippen molar-refractivity contribution >= 4 is 29.7 Å². The van der Waals surface area contributed by atoms with E-state index in [4.69, 9.17) is 15.0 Å². The van der Waals surface area contributed by atoms with E-state index in [9.17, 15) is 4.79 Å². The van der Waals surface area contributed by atoms with Gasteiger partial charge in [-0.15, -0.1) is 12.4 Å². The molecule has 0 unspecified atom stereocenters. The lowest BCUT2D eigenvalue weighted by Crippen LogP contribution is -2.38. The monoisotopic (exact) mass is 338 g/mol. The number of nitrogen functional groups attached to an aromatic ring is 1. The van der Waals surface area contributed by atoms with Crippen LogP contribution in [0.1, 0.15) is 23.7 Å². The third kappa shape index (κ3) is 3.80. The van der Waals surface area contributed by atoms with Crippen molar-refractivity contribution in [2.24, 2.45) is 0 Å². The summed E-state index contributed by atoms with van der Waals surface area (Å²) in [6, 6.07) is 5.65. The van der Waals surface area contributed by atoms with E-state index in [0.717, 1.165) is 29.8 Å². The lowest BCUT2D eigenvalue weighted by Gasteiger charge is -2.30. The fraction of sp³-hybridized carbons (Fsp3) is 0.400. The van der Waals surface area contributed by atoms with Gasteiger partial charge < -0.3 is 19.9 Å². The van der Waals surface area contributed by atoms with E-state index in [1.165, 1.54) is 0 Å². The number of aromatic nitrogens is 2. The van der Waals surface area contributed by atoms with Crippen molar-refractivity contribution in [2.45, 2.75) is 26.4 Å². The van der Waals surface area contributed by atoms with Gasteiger partial charge in [-0.25, -0.2) is 0 Å². The zero-order chi connectivity index (χ0) is 15.5. The minimum Gasteiger partial charge on any atom is -0.398 e. The molecule has 1 amide bonds. The van der Waals surface area contributed by atoms with Crippen molar-refractivity contribution in [1.82, 2.24) is 10.1 Å². The van der Waals surface area contributed by atoms with E-state index >= 15 is 0 Å². The highest BCUT2D eigenvalue weighted by Gasteiger charge is 2.23. The molecule has 124 valence electrons. The molecule has 1 aromatic carbocycles. The molecule has 8 heteroatoms. The maximum atomic E-state index is 12.4. The highest BCUT2D eigenvalue weighted by Crippen LogP contribution is 2.31. The molecule has 0 saturated heterocycles. The second kappa shape index (κ2) is 7.43. The van der Waals surface area contributed by atoms with Crippen LogP contribution in [0.15, 0.2) is 22.7 Å². The van der Waals surface area contributed by atoms with Gasteiger partial charge in [-0.05, 0) is 37.5 Å². The number of nitrogens with zero attached hydrogens (tertiary/aromatic N) is 3. The highest BCUT2D eigenvalue weighted by atomic mass is 35.5. The zero-order valence-electron chi connectivity index (χ0n) is 12.8. The highest BCUT2D eigenvalue weighted by molar-refractivity contribution is 5.96. The van der Waals surface area contributed by atoms with Crippen LogP contribution in [0.4, 0.5) is 11.4 Å². The average Bonchev–Trinajstić information content (AvgIpc) is 2.92. The van der Waals surface area contributed by atoms with Crippen LogP contribution in [0.25, 0.3) is 0 Å². The van der Waals surface area contributed by atoms with Crippen LogP contribution >= 0.6 is 12.4 Å². The van der Waals surface area contributed by atoms with Crippen molar-refractivity contribution in [3.8, 4) is 0 Å². The Hall–Kier alpha value is -2.12. The first-order valence-corrected chi connectivity index (χ1v) is 7.20. The van der Waals surface area contributed by atoms with Gasteiger partial charge in [0.2, 0.25) is 0 Å². The van der Waals surface area contributed by atoms with Gasteiger partial charge in [0.25, 0.3) is 11.8 Å². The Kier molecular flexibility index (Phi) is 5.57. The van der Waals surface area contributed by atoms with Crippen LogP contribution in [0, 0.1) is 6.92 Å². The first kappa shape index (κ1) is 17.2. The van der Waals surface area contributed by atoms with E-state index in [0.29, 0.717) is 18.3 Å². The number of ether oxygens (including phenoxy) is 1. The molecule has 1 aliphatic heterocycles. The summed E-state index contributed by atoms with van der Waals surface area (Å²) >= 11 is 0. The molecule has 0 radical (unpaired) electrons. The summed E-state index contributed by atoms with van der Waals surface area (Å²) in [5.41, 5.74) is 8.64. The number of hydrogen-bond acceptors (Lipinski definition) is 6. The molecule has 1 aromatic heterocycles. The predicted octanol–water partition coefficient (Wildman–Crippen LogP) is 1.88. The second-order valence-electron chi connectivity index (χ2n) is 5.22. The Morgan fingerprint density at radius 2 is 2.30 bits per heavy atom. The lowest BCUT2D eigenvalue weighted by atomic mass is 10.00. The van der Waals surface area contributed by atoms with Crippen LogP contribution in [0.3, 0.4) is 0 Å². The largest absolute Gasteiger partial charge is 0.398 e. The summed E-state index contributed by atoms with van der Waals surface area (Å²) in [5, 5.41) is 3.67. The van der Waals surface area contributed by atoms with Gasteiger partial charge >= 0.3 is 0 Å². The van der Waals surface area contributed by atoms with Crippen molar-refractivity contribution < 1.29 is 14.1 Å². The van der Waals surface area contributed by atoms with Crippen molar-refractivity contribution in [3.63, 3.8) is 0 Å². The summed E-state index contributed by atoms with van der Waals surface area (Å²) in [4.78, 5) is 18.1. The Morgan fingerprint density at radius 1 is 1.48 bits per heavy atom. The summed E-state index contributed by atoms with van der Waals surface area (Å²) in [6.07, 6.45) is 1.80. The summed E-state index contributed by atoms with van der Waals surface area (Å²) < 4.78 is 10.3. The van der Waals surface area contributed by atoms with Gasteiger partial charge in [0, 0.05) is 17.9 Å². The number of halogens is 1. The minimum atomic E-state index is -0.0946. The molecule has 1 aliphatic rings. The first-order chi connectivity index (χ1) is 10.6. The van der Waals surface area contributed by atoms with Crippen LogP contribution in [0.5, 0.6) is 0 Å². The molecule has 0 bridgehead atoms. The Labute approximate surface area is 140 Å². The number of aryl methyl sites for hydroxylation is 1. The molecule has 0 aliphatic carbocycles. The minimum absolute atomic E-state index is 0. The van der Waals surface area contributed by atoms with Crippen molar-refractivity contribution in [1.29, 1.82) is 0 Å². The van der Waals surface area contributed by atoms with Crippen molar-refractivity contribution in [2.75, 3.05) is 23.8 Å². The lowest BCUT2D eigenvalue weighted by molar-refractivity contribution is -0.123. The van der Waals surface area contributed by atoms with Gasteiger partial charge in [-0.2, -0.15) is 4.98 Å². The number of nitrogens with two attached hydrogens (primary N) is 1. The number of anilines is 2. The standard InChI is InChI=1S/C15H18N4O3.ClH/c1-10-17-14(22-18-10)8-21-9-15(20)19-7-3-4-11-12(16)5-2-6-13(11)19;/h2,5-6H,3-4,7-9,16H2,1H3;1H. The maximum Gasteiger partial charge on any atom is 0.253 e. The fourth-order valence-electron chi connectivity index (χ4n) is 2.61. The molecule has 7 nitrogen and oxygen atoms in total. The molecular weight excluding hydrogens is 320 g/mol. The Bertz CT molecular complexity index is 689. The average molecular weight is 339 g/mol. The smallest absolute Gasteiger partial charge is 0.253 e. The van der Waals surface area contributed by atoms with Crippen LogP contribution in [-0.2, 0) is 22.6 Å².